The van der Waals surface area contributed by atoms with E-state index in [1.807, 2.05) is 12.1 Å². The summed E-state index contributed by atoms with van der Waals surface area (Å²) in [6.45, 7) is 0.427. The Kier molecular flexibility index (Phi) is 8.07. The Balaban J connectivity index is 0.000000406. The number of ketones is 1. The third-order valence-electron chi connectivity index (χ3n) is 6.40. The van der Waals surface area contributed by atoms with E-state index in [1.54, 1.807) is 12.1 Å². The maximum Gasteiger partial charge on any atom is 0.490 e. The molecule has 0 aromatic heterocycles. The van der Waals surface area contributed by atoms with Crippen LogP contribution in [0.2, 0.25) is 0 Å². The van der Waals surface area contributed by atoms with Crippen LogP contribution in [-0.2, 0) is 11.3 Å². The molecule has 9 heteroatoms. The summed E-state index contributed by atoms with van der Waals surface area (Å²) >= 11 is 0. The van der Waals surface area contributed by atoms with Crippen molar-refractivity contribution >= 4 is 11.8 Å². The largest absolute Gasteiger partial charge is 0.490 e. The number of halogens is 5. The number of carboxylic acid groups (broad SMARTS) is 1. The van der Waals surface area contributed by atoms with Gasteiger partial charge >= 0.3 is 12.1 Å². The summed E-state index contributed by atoms with van der Waals surface area (Å²) in [5, 5.41) is 7.12. The molecule has 0 radical (unpaired) electrons. The molecular weight excluding hydrogens is 457 g/mol. The van der Waals surface area contributed by atoms with Gasteiger partial charge < -0.3 is 10.8 Å². The summed E-state index contributed by atoms with van der Waals surface area (Å²) in [7, 11) is 0. The van der Waals surface area contributed by atoms with Gasteiger partial charge in [0.25, 0.3) is 0 Å². The van der Waals surface area contributed by atoms with Crippen molar-refractivity contribution in [3.05, 3.63) is 70.3 Å². The van der Waals surface area contributed by atoms with E-state index in [1.165, 1.54) is 0 Å². The number of aliphatic carboxylic acids is 1. The molecule has 0 atom stereocenters. The summed E-state index contributed by atoms with van der Waals surface area (Å²) in [6, 6.07) is 10.4. The van der Waals surface area contributed by atoms with Crippen LogP contribution in [0.5, 0.6) is 0 Å². The molecule has 2 aliphatic carbocycles. The van der Waals surface area contributed by atoms with Gasteiger partial charge in [-0.1, -0.05) is 24.3 Å². The molecule has 2 aliphatic rings. The SMILES string of the molecule is NCc1ccc(C2CC2)c(C(=O)C2CCC(c3cccc(F)c3F)CC2)c1.O=C(O)C(F)(F)F. The Morgan fingerprint density at radius 2 is 1.47 bits per heavy atom. The standard InChI is InChI=1S/C23H25F2NO.C2HF3O2/c24-21-3-1-2-19(22(21)25)16-7-9-17(10-8-16)23(27)20-12-14(13-26)4-11-18(20)15-5-6-15;3-2(4,5)1(6)7/h1-4,11-12,15-17H,5-10,13,26H2;(H,6,7). The van der Waals surface area contributed by atoms with Crippen LogP contribution in [0, 0.1) is 17.6 Å². The molecule has 0 unspecified atom stereocenters. The molecule has 0 amide bonds. The van der Waals surface area contributed by atoms with Gasteiger partial charge in [0.2, 0.25) is 0 Å². The topological polar surface area (TPSA) is 80.4 Å². The number of carboxylic acids is 1. The van der Waals surface area contributed by atoms with E-state index < -0.39 is 23.8 Å². The molecule has 0 aliphatic heterocycles. The van der Waals surface area contributed by atoms with Crippen LogP contribution in [0.15, 0.2) is 36.4 Å². The van der Waals surface area contributed by atoms with Crippen LogP contribution < -0.4 is 5.73 Å². The fourth-order valence-electron chi connectivity index (χ4n) is 4.42. The minimum absolute atomic E-state index is 0.0111. The summed E-state index contributed by atoms with van der Waals surface area (Å²) in [5.74, 6) is -3.63. The first kappa shape index (κ1) is 25.8. The molecule has 34 heavy (non-hydrogen) atoms. The van der Waals surface area contributed by atoms with Crippen molar-refractivity contribution in [3.63, 3.8) is 0 Å². The van der Waals surface area contributed by atoms with Crippen LogP contribution in [-0.4, -0.2) is 23.0 Å². The highest BCUT2D eigenvalue weighted by molar-refractivity contribution is 5.99. The predicted molar refractivity (Wildman–Crippen MR) is 115 cm³/mol. The lowest BCUT2D eigenvalue weighted by atomic mass is 9.75. The molecule has 2 aromatic carbocycles. The number of Topliss-reactive ketones (excluding diaryl/α,β-unsaturated/α-hetero) is 1. The monoisotopic (exact) mass is 483 g/mol. The second-order valence-electron chi connectivity index (χ2n) is 8.76. The Labute approximate surface area is 194 Å². The van der Waals surface area contributed by atoms with Crippen LogP contribution in [0.3, 0.4) is 0 Å². The van der Waals surface area contributed by atoms with Crippen molar-refractivity contribution in [2.75, 3.05) is 0 Å². The Hall–Kier alpha value is -2.81. The maximum atomic E-state index is 14.1. The van der Waals surface area contributed by atoms with E-state index in [-0.39, 0.29) is 17.6 Å². The zero-order valence-electron chi connectivity index (χ0n) is 18.4. The number of hydrogen-bond donors (Lipinski definition) is 2. The minimum Gasteiger partial charge on any atom is -0.475 e. The van der Waals surface area contributed by atoms with Gasteiger partial charge in [-0.2, -0.15) is 13.2 Å². The lowest BCUT2D eigenvalue weighted by Crippen LogP contribution is -2.23. The van der Waals surface area contributed by atoms with Gasteiger partial charge in [0, 0.05) is 18.0 Å². The summed E-state index contributed by atoms with van der Waals surface area (Å²) < 4.78 is 59.3. The normalized spacial score (nSPS) is 20.3. The third kappa shape index (κ3) is 6.20. The molecule has 184 valence electrons. The third-order valence-corrected chi connectivity index (χ3v) is 6.40. The van der Waals surface area contributed by atoms with Gasteiger partial charge in [-0.3, -0.25) is 4.79 Å². The zero-order valence-corrected chi connectivity index (χ0v) is 18.4. The molecule has 2 fully saturated rings. The zero-order chi connectivity index (χ0) is 25.0. The maximum absolute atomic E-state index is 14.1. The van der Waals surface area contributed by atoms with Crippen molar-refractivity contribution in [1.29, 1.82) is 0 Å². The molecule has 2 saturated carbocycles. The molecule has 4 nitrogen and oxygen atoms in total. The number of alkyl halides is 3. The Morgan fingerprint density at radius 3 is 2.00 bits per heavy atom. The van der Waals surface area contributed by atoms with E-state index in [2.05, 4.69) is 6.07 Å². The van der Waals surface area contributed by atoms with Crippen molar-refractivity contribution in [2.24, 2.45) is 11.7 Å². The molecule has 0 spiro atoms. The molecule has 0 heterocycles. The smallest absolute Gasteiger partial charge is 0.475 e. The summed E-state index contributed by atoms with van der Waals surface area (Å²) in [4.78, 5) is 22.1. The summed E-state index contributed by atoms with van der Waals surface area (Å²) in [5.41, 5.74) is 9.20. The molecule has 3 N–H and O–H groups in total. The van der Waals surface area contributed by atoms with E-state index in [0.717, 1.165) is 48.4 Å². The van der Waals surface area contributed by atoms with Gasteiger partial charge in [0.15, 0.2) is 17.4 Å². The Bertz CT molecular complexity index is 1040. The highest BCUT2D eigenvalue weighted by Crippen LogP contribution is 2.44. The lowest BCUT2D eigenvalue weighted by molar-refractivity contribution is -0.192. The number of rotatable bonds is 5. The quantitative estimate of drug-likeness (QED) is 0.398. The van der Waals surface area contributed by atoms with Crippen molar-refractivity contribution in [3.8, 4) is 0 Å². The first-order chi connectivity index (χ1) is 16.0. The molecule has 4 rings (SSSR count). The van der Waals surface area contributed by atoms with Crippen LogP contribution in [0.4, 0.5) is 22.0 Å². The predicted octanol–water partition coefficient (Wildman–Crippen LogP) is 6.09. The lowest BCUT2D eigenvalue weighted by Gasteiger charge is -2.29. The van der Waals surface area contributed by atoms with Crippen LogP contribution >= 0.6 is 0 Å². The first-order valence-electron chi connectivity index (χ1n) is 11.1. The fourth-order valence-corrected chi connectivity index (χ4v) is 4.42. The van der Waals surface area contributed by atoms with E-state index in [0.29, 0.717) is 30.9 Å². The highest BCUT2D eigenvalue weighted by Gasteiger charge is 2.38. The van der Waals surface area contributed by atoms with Crippen LogP contribution in [0.25, 0.3) is 0 Å². The van der Waals surface area contributed by atoms with E-state index in [9.17, 15) is 26.7 Å². The van der Waals surface area contributed by atoms with E-state index >= 15 is 0 Å². The second-order valence-corrected chi connectivity index (χ2v) is 8.76. The van der Waals surface area contributed by atoms with Gasteiger partial charge in [-0.05, 0) is 79.2 Å². The number of benzene rings is 2. The molecule has 0 bridgehead atoms. The van der Waals surface area contributed by atoms with Gasteiger partial charge in [-0.15, -0.1) is 0 Å². The first-order valence-corrected chi connectivity index (χ1v) is 11.1. The second kappa shape index (κ2) is 10.6. The van der Waals surface area contributed by atoms with Crippen LogP contribution in [0.1, 0.15) is 77.4 Å². The number of carbonyl (C=O) groups is 2. The molecule has 2 aromatic rings. The highest BCUT2D eigenvalue weighted by atomic mass is 19.4. The van der Waals surface area contributed by atoms with Gasteiger partial charge in [-0.25, -0.2) is 13.6 Å². The Morgan fingerprint density at radius 1 is 0.912 bits per heavy atom. The van der Waals surface area contributed by atoms with Crippen molar-refractivity contribution in [2.45, 2.75) is 63.1 Å². The minimum atomic E-state index is -5.08. The van der Waals surface area contributed by atoms with Crippen molar-refractivity contribution < 1.29 is 36.6 Å². The number of nitrogens with two attached hydrogens (primary N) is 1. The average Bonchev–Trinajstić information content (AvgIpc) is 3.65. The average molecular weight is 483 g/mol. The van der Waals surface area contributed by atoms with Gasteiger partial charge in [0.05, 0.1) is 0 Å². The van der Waals surface area contributed by atoms with E-state index in [4.69, 9.17) is 15.6 Å². The number of carbonyl (C=O) groups excluding carboxylic acids is 1. The van der Waals surface area contributed by atoms with Crippen molar-refractivity contribution in [1.82, 2.24) is 0 Å². The fraction of sp³-hybridized carbons (Fsp3) is 0.440. The molecule has 0 saturated heterocycles. The van der Waals surface area contributed by atoms with Gasteiger partial charge in [0.1, 0.15) is 0 Å². The molecular formula is C25H26F5NO3. The number of hydrogen-bond acceptors (Lipinski definition) is 3. The summed E-state index contributed by atoms with van der Waals surface area (Å²) in [6.07, 6.45) is 0.0761.